The SMILES string of the molecule is CCNC1(C(=O)O)CCCC1CCn1cc(Cl)c(C)n1. The Labute approximate surface area is 124 Å². The molecule has 0 radical (unpaired) electrons. The predicted octanol–water partition coefficient (Wildman–Crippen LogP) is 2.47. The molecule has 5 nitrogen and oxygen atoms in total. The summed E-state index contributed by atoms with van der Waals surface area (Å²) in [5.41, 5.74) is 0.0510. The van der Waals surface area contributed by atoms with Crippen molar-refractivity contribution in [1.82, 2.24) is 15.1 Å². The van der Waals surface area contributed by atoms with E-state index in [-0.39, 0.29) is 5.92 Å². The zero-order valence-electron chi connectivity index (χ0n) is 12.0. The van der Waals surface area contributed by atoms with Gasteiger partial charge >= 0.3 is 5.97 Å². The van der Waals surface area contributed by atoms with Gasteiger partial charge in [0.05, 0.1) is 10.7 Å². The minimum absolute atomic E-state index is 0.142. The van der Waals surface area contributed by atoms with E-state index in [4.69, 9.17) is 11.6 Å². The minimum Gasteiger partial charge on any atom is -0.480 e. The molecule has 0 amide bonds. The van der Waals surface area contributed by atoms with E-state index in [9.17, 15) is 9.90 Å². The number of rotatable bonds is 6. The first-order valence-corrected chi connectivity index (χ1v) is 7.55. The van der Waals surface area contributed by atoms with Crippen LogP contribution in [0.1, 0.15) is 38.3 Å². The first-order valence-electron chi connectivity index (χ1n) is 7.17. The normalized spacial score (nSPS) is 26.1. The number of carboxylic acids is 1. The monoisotopic (exact) mass is 299 g/mol. The molecule has 20 heavy (non-hydrogen) atoms. The van der Waals surface area contributed by atoms with E-state index in [0.717, 1.165) is 25.0 Å². The van der Waals surface area contributed by atoms with Gasteiger partial charge in [-0.2, -0.15) is 5.10 Å². The number of carbonyl (C=O) groups is 1. The third-order valence-corrected chi connectivity index (χ3v) is 4.66. The molecule has 1 fully saturated rings. The molecular weight excluding hydrogens is 278 g/mol. The quantitative estimate of drug-likeness (QED) is 0.847. The van der Waals surface area contributed by atoms with Crippen LogP contribution < -0.4 is 5.32 Å². The molecule has 1 heterocycles. The first-order chi connectivity index (χ1) is 9.49. The van der Waals surface area contributed by atoms with Crippen LogP contribution in [0.25, 0.3) is 0 Å². The first kappa shape index (κ1) is 15.3. The number of aliphatic carboxylic acids is 1. The summed E-state index contributed by atoms with van der Waals surface area (Å²) in [6.07, 6.45) is 5.23. The summed E-state index contributed by atoms with van der Waals surface area (Å²) in [6.45, 7) is 5.21. The van der Waals surface area contributed by atoms with Crippen LogP contribution in [-0.4, -0.2) is 32.9 Å². The van der Waals surface area contributed by atoms with Gasteiger partial charge in [0.1, 0.15) is 5.54 Å². The van der Waals surface area contributed by atoms with Crippen LogP contribution in [0.5, 0.6) is 0 Å². The van der Waals surface area contributed by atoms with Gasteiger partial charge in [-0.25, -0.2) is 0 Å². The van der Waals surface area contributed by atoms with Crippen molar-refractivity contribution >= 4 is 17.6 Å². The fourth-order valence-corrected chi connectivity index (χ4v) is 3.42. The Bertz CT molecular complexity index is 469. The Hall–Kier alpha value is -1.07. The maximum Gasteiger partial charge on any atom is 0.324 e. The van der Waals surface area contributed by atoms with Crippen molar-refractivity contribution in [2.45, 2.75) is 51.6 Å². The van der Waals surface area contributed by atoms with Crippen LogP contribution in [-0.2, 0) is 11.3 Å². The van der Waals surface area contributed by atoms with E-state index in [1.807, 2.05) is 24.7 Å². The third kappa shape index (κ3) is 2.83. The van der Waals surface area contributed by atoms with Gasteiger partial charge in [-0.3, -0.25) is 9.48 Å². The summed E-state index contributed by atoms with van der Waals surface area (Å²) in [5, 5.41) is 17.8. The number of carboxylic acid groups (broad SMARTS) is 1. The number of hydrogen-bond acceptors (Lipinski definition) is 3. The molecule has 1 aromatic rings. The number of likely N-dealkylation sites (N-methyl/N-ethyl adjacent to an activating group) is 1. The van der Waals surface area contributed by atoms with Gasteiger partial charge in [-0.15, -0.1) is 0 Å². The highest BCUT2D eigenvalue weighted by molar-refractivity contribution is 6.31. The molecular formula is C14H22ClN3O2. The molecule has 0 saturated heterocycles. The van der Waals surface area contributed by atoms with Gasteiger partial charge < -0.3 is 10.4 Å². The molecule has 1 aliphatic rings. The third-order valence-electron chi connectivity index (χ3n) is 4.29. The van der Waals surface area contributed by atoms with E-state index in [1.165, 1.54) is 0 Å². The molecule has 2 N–H and O–H groups in total. The minimum atomic E-state index is -0.763. The molecule has 1 aliphatic carbocycles. The molecule has 0 aliphatic heterocycles. The second-order valence-electron chi connectivity index (χ2n) is 5.51. The van der Waals surface area contributed by atoms with Gasteiger partial charge in [0, 0.05) is 12.7 Å². The largest absolute Gasteiger partial charge is 0.480 e. The van der Waals surface area contributed by atoms with Crippen LogP contribution in [0, 0.1) is 12.8 Å². The van der Waals surface area contributed by atoms with Crippen LogP contribution in [0.2, 0.25) is 5.02 Å². The summed E-state index contributed by atoms with van der Waals surface area (Å²) in [4.78, 5) is 11.7. The van der Waals surface area contributed by atoms with Crippen LogP contribution in [0.3, 0.4) is 0 Å². The molecule has 1 saturated carbocycles. The number of nitrogens with zero attached hydrogens (tertiary/aromatic N) is 2. The van der Waals surface area contributed by atoms with E-state index in [1.54, 1.807) is 0 Å². The van der Waals surface area contributed by atoms with Gasteiger partial charge in [0.2, 0.25) is 0 Å². The van der Waals surface area contributed by atoms with E-state index in [2.05, 4.69) is 10.4 Å². The average Bonchev–Trinajstić information content (AvgIpc) is 2.93. The van der Waals surface area contributed by atoms with Crippen molar-refractivity contribution in [3.05, 3.63) is 16.9 Å². The van der Waals surface area contributed by atoms with Crippen molar-refractivity contribution < 1.29 is 9.90 Å². The molecule has 2 atom stereocenters. The fourth-order valence-electron chi connectivity index (χ4n) is 3.27. The zero-order chi connectivity index (χ0) is 14.8. The van der Waals surface area contributed by atoms with E-state index in [0.29, 0.717) is 24.5 Å². The predicted molar refractivity (Wildman–Crippen MR) is 78.0 cm³/mol. The van der Waals surface area contributed by atoms with Crippen LogP contribution in [0.4, 0.5) is 0 Å². The number of hydrogen-bond donors (Lipinski definition) is 2. The average molecular weight is 300 g/mol. The highest BCUT2D eigenvalue weighted by Gasteiger charge is 2.48. The van der Waals surface area contributed by atoms with Crippen LogP contribution >= 0.6 is 11.6 Å². The Balaban J connectivity index is 2.05. The van der Waals surface area contributed by atoms with E-state index < -0.39 is 11.5 Å². The smallest absolute Gasteiger partial charge is 0.324 e. The number of halogens is 1. The molecule has 0 aromatic carbocycles. The van der Waals surface area contributed by atoms with Crippen molar-refractivity contribution in [2.75, 3.05) is 6.54 Å². The number of nitrogens with one attached hydrogen (secondary N) is 1. The molecule has 1 aromatic heterocycles. The lowest BCUT2D eigenvalue weighted by atomic mass is 9.84. The summed E-state index contributed by atoms with van der Waals surface area (Å²) < 4.78 is 1.81. The lowest BCUT2D eigenvalue weighted by molar-refractivity contribution is -0.146. The molecule has 6 heteroatoms. The van der Waals surface area contributed by atoms with E-state index >= 15 is 0 Å². The van der Waals surface area contributed by atoms with Crippen molar-refractivity contribution in [3.8, 4) is 0 Å². The van der Waals surface area contributed by atoms with Crippen molar-refractivity contribution in [3.63, 3.8) is 0 Å². The lowest BCUT2D eigenvalue weighted by Crippen LogP contribution is -2.54. The van der Waals surface area contributed by atoms with Gasteiger partial charge in [-0.1, -0.05) is 24.9 Å². The van der Waals surface area contributed by atoms with Crippen molar-refractivity contribution in [1.29, 1.82) is 0 Å². The zero-order valence-corrected chi connectivity index (χ0v) is 12.8. The van der Waals surface area contributed by atoms with Crippen molar-refractivity contribution in [2.24, 2.45) is 5.92 Å². The standard InChI is InChI=1S/C14H22ClN3O2/c1-3-16-14(13(19)20)7-4-5-11(14)6-8-18-9-12(15)10(2)17-18/h9,11,16H,3-8H2,1-2H3,(H,19,20). The molecule has 112 valence electrons. The molecule has 2 unspecified atom stereocenters. The van der Waals surface area contributed by atoms with Crippen LogP contribution in [0.15, 0.2) is 6.20 Å². The summed E-state index contributed by atoms with van der Waals surface area (Å²) in [7, 11) is 0. The number of aromatic nitrogens is 2. The maximum absolute atomic E-state index is 11.7. The second kappa shape index (κ2) is 6.14. The highest BCUT2D eigenvalue weighted by atomic mass is 35.5. The molecule has 0 bridgehead atoms. The Morgan fingerprint density at radius 2 is 2.45 bits per heavy atom. The molecule has 0 spiro atoms. The second-order valence-corrected chi connectivity index (χ2v) is 5.92. The Morgan fingerprint density at radius 1 is 1.70 bits per heavy atom. The summed E-state index contributed by atoms with van der Waals surface area (Å²) >= 11 is 5.99. The fraction of sp³-hybridized carbons (Fsp3) is 0.714. The molecule has 2 rings (SSSR count). The Morgan fingerprint density at radius 3 is 3.00 bits per heavy atom. The highest BCUT2D eigenvalue weighted by Crippen LogP contribution is 2.38. The van der Waals surface area contributed by atoms with Gasteiger partial charge in [0.25, 0.3) is 0 Å². The maximum atomic E-state index is 11.7. The van der Waals surface area contributed by atoms with Gasteiger partial charge in [0.15, 0.2) is 0 Å². The lowest BCUT2D eigenvalue weighted by Gasteiger charge is -2.32. The summed E-state index contributed by atoms with van der Waals surface area (Å²) in [5.74, 6) is -0.584. The summed E-state index contributed by atoms with van der Waals surface area (Å²) in [6, 6.07) is 0. The number of aryl methyl sites for hydroxylation is 2. The topological polar surface area (TPSA) is 67.2 Å². The van der Waals surface area contributed by atoms with Gasteiger partial charge in [-0.05, 0) is 38.6 Å². The Kier molecular flexibility index (Phi) is 4.70.